The molecule has 0 saturated heterocycles. The predicted octanol–water partition coefficient (Wildman–Crippen LogP) is 5.30. The molecule has 2 unspecified atom stereocenters. The Morgan fingerprint density at radius 3 is 1.74 bits per heavy atom. The first-order valence-corrected chi connectivity index (χ1v) is 13.7. The fourth-order valence-corrected chi connectivity index (χ4v) is 7.30. The third-order valence-electron chi connectivity index (χ3n) is 9.14. The van der Waals surface area contributed by atoms with Crippen LogP contribution in [0.5, 0.6) is 0 Å². The number of hydrogen-bond acceptors (Lipinski definition) is 6. The molecule has 0 aromatic heterocycles. The molecule has 0 aromatic carbocycles. The van der Waals surface area contributed by atoms with Gasteiger partial charge >= 0.3 is 0 Å². The standard InChI is InChI=1S/C28H48O6/c1-20(29)8-13-24(30)19-34-27-7-5-6-23(18-27)28(33-4,21-9-14-25(31-2)15-10-21)22-11-16-26(32-3)17-12-22/h21-23,25-27H,5-19H2,1-4H3. The first-order chi connectivity index (χ1) is 16.4. The van der Waals surface area contributed by atoms with Gasteiger partial charge in [-0.3, -0.25) is 4.79 Å². The zero-order valence-electron chi connectivity index (χ0n) is 22.0. The topological polar surface area (TPSA) is 71.1 Å². The van der Waals surface area contributed by atoms with Crippen molar-refractivity contribution < 1.29 is 28.5 Å². The van der Waals surface area contributed by atoms with Gasteiger partial charge in [0.25, 0.3) is 0 Å². The fraction of sp³-hybridized carbons (Fsp3) is 0.929. The average Bonchev–Trinajstić information content (AvgIpc) is 2.88. The summed E-state index contributed by atoms with van der Waals surface area (Å²) in [7, 11) is 5.61. The summed E-state index contributed by atoms with van der Waals surface area (Å²) in [6.45, 7) is 1.66. The number of hydrogen-bond donors (Lipinski definition) is 0. The lowest BCUT2D eigenvalue weighted by Gasteiger charge is -2.55. The van der Waals surface area contributed by atoms with Gasteiger partial charge in [-0.2, -0.15) is 0 Å². The Labute approximate surface area is 206 Å². The molecular weight excluding hydrogens is 432 g/mol. The van der Waals surface area contributed by atoms with E-state index in [0.717, 1.165) is 70.6 Å². The summed E-state index contributed by atoms with van der Waals surface area (Å²) < 4.78 is 24.2. The molecule has 0 radical (unpaired) electrons. The summed E-state index contributed by atoms with van der Waals surface area (Å²) in [5.74, 6) is 1.60. The minimum atomic E-state index is -0.141. The molecule has 3 aliphatic carbocycles. The van der Waals surface area contributed by atoms with Gasteiger partial charge in [0.1, 0.15) is 12.4 Å². The molecule has 0 aromatic rings. The molecule has 6 heteroatoms. The lowest BCUT2D eigenvalue weighted by Crippen LogP contribution is -2.56. The second-order valence-corrected chi connectivity index (χ2v) is 11.0. The van der Waals surface area contributed by atoms with Crippen LogP contribution in [0.4, 0.5) is 0 Å². The van der Waals surface area contributed by atoms with Crippen molar-refractivity contribution in [2.75, 3.05) is 27.9 Å². The lowest BCUT2D eigenvalue weighted by atomic mass is 9.58. The van der Waals surface area contributed by atoms with Crippen molar-refractivity contribution in [2.45, 2.75) is 121 Å². The van der Waals surface area contributed by atoms with Crippen LogP contribution in [0.1, 0.15) is 96.8 Å². The monoisotopic (exact) mass is 480 g/mol. The Kier molecular flexibility index (Phi) is 11.0. The third-order valence-corrected chi connectivity index (χ3v) is 9.14. The van der Waals surface area contributed by atoms with E-state index in [1.165, 1.54) is 13.3 Å². The van der Waals surface area contributed by atoms with E-state index < -0.39 is 0 Å². The van der Waals surface area contributed by atoms with Crippen LogP contribution >= 0.6 is 0 Å². The first kappa shape index (κ1) is 27.8. The normalized spacial score (nSPS) is 34.4. The maximum absolute atomic E-state index is 12.2. The van der Waals surface area contributed by atoms with Crippen molar-refractivity contribution >= 4 is 11.6 Å². The van der Waals surface area contributed by atoms with Gasteiger partial charge in [-0.1, -0.05) is 6.42 Å². The van der Waals surface area contributed by atoms with E-state index in [-0.39, 0.29) is 29.9 Å². The van der Waals surface area contributed by atoms with E-state index in [9.17, 15) is 9.59 Å². The summed E-state index contributed by atoms with van der Waals surface area (Å²) in [6.07, 6.45) is 14.7. The molecule has 6 nitrogen and oxygen atoms in total. The van der Waals surface area contributed by atoms with E-state index >= 15 is 0 Å². The van der Waals surface area contributed by atoms with E-state index in [0.29, 0.717) is 42.8 Å². The van der Waals surface area contributed by atoms with Gasteiger partial charge in [0.2, 0.25) is 0 Å². The van der Waals surface area contributed by atoms with E-state index in [4.69, 9.17) is 18.9 Å². The van der Waals surface area contributed by atoms with Crippen molar-refractivity contribution in [3.63, 3.8) is 0 Å². The first-order valence-electron chi connectivity index (χ1n) is 13.7. The zero-order chi connectivity index (χ0) is 24.6. The molecule has 196 valence electrons. The van der Waals surface area contributed by atoms with Crippen LogP contribution in [-0.4, -0.2) is 63.4 Å². The summed E-state index contributed by atoms with van der Waals surface area (Å²) in [4.78, 5) is 23.4. The van der Waals surface area contributed by atoms with E-state index in [1.807, 2.05) is 21.3 Å². The molecule has 3 rings (SSSR count). The highest BCUT2D eigenvalue weighted by atomic mass is 16.5. The number of rotatable bonds is 12. The number of carbonyl (C=O) groups excluding carboxylic acids is 2. The summed E-state index contributed by atoms with van der Waals surface area (Å²) in [5.41, 5.74) is -0.141. The number of carbonyl (C=O) groups is 2. The maximum Gasteiger partial charge on any atom is 0.158 e. The molecule has 0 heterocycles. The highest BCUT2D eigenvalue weighted by Gasteiger charge is 2.53. The smallest absolute Gasteiger partial charge is 0.158 e. The Hall–Kier alpha value is -0.820. The van der Waals surface area contributed by atoms with Crippen LogP contribution in [0.2, 0.25) is 0 Å². The van der Waals surface area contributed by atoms with Crippen LogP contribution < -0.4 is 0 Å². The molecule has 0 N–H and O–H groups in total. The lowest BCUT2D eigenvalue weighted by molar-refractivity contribution is -0.184. The van der Waals surface area contributed by atoms with Crippen LogP contribution in [0.3, 0.4) is 0 Å². The second-order valence-electron chi connectivity index (χ2n) is 11.0. The van der Waals surface area contributed by atoms with Crippen molar-refractivity contribution in [3.8, 4) is 0 Å². The van der Waals surface area contributed by atoms with Crippen molar-refractivity contribution in [1.82, 2.24) is 0 Å². The Morgan fingerprint density at radius 2 is 1.26 bits per heavy atom. The molecule has 3 aliphatic rings. The number of Topliss-reactive ketones (excluding diaryl/α,β-unsaturated/α-hetero) is 2. The molecule has 0 spiro atoms. The third kappa shape index (κ3) is 6.89. The maximum atomic E-state index is 12.2. The van der Waals surface area contributed by atoms with Crippen molar-refractivity contribution in [1.29, 1.82) is 0 Å². The highest BCUT2D eigenvalue weighted by molar-refractivity contribution is 5.85. The summed E-state index contributed by atoms with van der Waals surface area (Å²) in [6, 6.07) is 0. The fourth-order valence-electron chi connectivity index (χ4n) is 7.30. The molecule has 3 saturated carbocycles. The van der Waals surface area contributed by atoms with Gasteiger partial charge in [0.05, 0.1) is 23.9 Å². The van der Waals surface area contributed by atoms with Gasteiger partial charge in [-0.25, -0.2) is 0 Å². The molecule has 0 amide bonds. The van der Waals surface area contributed by atoms with Gasteiger partial charge in [0, 0.05) is 34.2 Å². The number of ketones is 2. The van der Waals surface area contributed by atoms with E-state index in [1.54, 1.807) is 0 Å². The molecular formula is C28H48O6. The Bertz CT molecular complexity index is 609. The minimum absolute atomic E-state index is 0.0334. The summed E-state index contributed by atoms with van der Waals surface area (Å²) >= 11 is 0. The van der Waals surface area contributed by atoms with Crippen LogP contribution in [0, 0.1) is 17.8 Å². The van der Waals surface area contributed by atoms with Crippen LogP contribution in [0.25, 0.3) is 0 Å². The van der Waals surface area contributed by atoms with Gasteiger partial charge in [0.15, 0.2) is 5.78 Å². The van der Waals surface area contributed by atoms with Gasteiger partial charge in [-0.15, -0.1) is 0 Å². The van der Waals surface area contributed by atoms with Crippen LogP contribution in [0.15, 0.2) is 0 Å². The number of ether oxygens (including phenoxy) is 4. The highest BCUT2D eigenvalue weighted by Crippen LogP contribution is 2.53. The molecule has 0 bridgehead atoms. The molecule has 3 fully saturated rings. The van der Waals surface area contributed by atoms with Crippen LogP contribution in [-0.2, 0) is 28.5 Å². The minimum Gasteiger partial charge on any atom is -0.381 e. The predicted molar refractivity (Wildman–Crippen MR) is 132 cm³/mol. The Morgan fingerprint density at radius 1 is 0.706 bits per heavy atom. The molecule has 34 heavy (non-hydrogen) atoms. The zero-order valence-corrected chi connectivity index (χ0v) is 22.0. The molecule has 2 atom stereocenters. The quantitative estimate of drug-likeness (QED) is 0.378. The van der Waals surface area contributed by atoms with Crippen molar-refractivity contribution in [3.05, 3.63) is 0 Å². The van der Waals surface area contributed by atoms with Gasteiger partial charge in [-0.05, 0) is 95.3 Å². The molecule has 0 aliphatic heterocycles. The van der Waals surface area contributed by atoms with E-state index in [2.05, 4.69) is 0 Å². The van der Waals surface area contributed by atoms with Crippen molar-refractivity contribution in [2.24, 2.45) is 17.8 Å². The number of methoxy groups -OCH3 is 3. The largest absolute Gasteiger partial charge is 0.381 e. The second kappa shape index (κ2) is 13.5. The average molecular weight is 481 g/mol. The SMILES string of the molecule is COC1CCC(C(OC)(C2CCC(OC)CC2)C2CCCC(OCC(=O)CCC(C)=O)C2)CC1. The summed E-state index contributed by atoms with van der Waals surface area (Å²) in [5, 5.41) is 0. The van der Waals surface area contributed by atoms with Gasteiger partial charge < -0.3 is 23.7 Å². The Balaban J connectivity index is 1.71.